The van der Waals surface area contributed by atoms with E-state index in [0.29, 0.717) is 6.42 Å². The lowest BCUT2D eigenvalue weighted by Gasteiger charge is -2.15. The summed E-state index contributed by atoms with van der Waals surface area (Å²) in [5.74, 6) is 0.0505. The minimum Gasteiger partial charge on any atom is -0.349 e. The number of aryl methyl sites for hydroxylation is 1. The van der Waals surface area contributed by atoms with Gasteiger partial charge in [-0.2, -0.15) is 0 Å². The van der Waals surface area contributed by atoms with Crippen molar-refractivity contribution in [1.82, 2.24) is 5.32 Å². The number of amides is 1. The Morgan fingerprint density at radius 2 is 1.65 bits per heavy atom. The molecule has 2 heteroatoms. The molecule has 3 aromatic carbocycles. The Hall–Kier alpha value is -2.61. The van der Waals surface area contributed by atoms with E-state index < -0.39 is 0 Å². The molecule has 1 amide bonds. The third kappa shape index (κ3) is 3.78. The molecule has 0 aliphatic rings. The Labute approximate surface area is 137 Å². The summed E-state index contributed by atoms with van der Waals surface area (Å²) < 4.78 is 0. The van der Waals surface area contributed by atoms with E-state index >= 15 is 0 Å². The fraction of sp³-hybridized carbons (Fsp3) is 0.190. The molecule has 23 heavy (non-hydrogen) atoms. The van der Waals surface area contributed by atoms with Crippen LogP contribution in [0.1, 0.15) is 29.7 Å². The van der Waals surface area contributed by atoms with Gasteiger partial charge in [-0.15, -0.1) is 0 Å². The molecule has 0 saturated carbocycles. The van der Waals surface area contributed by atoms with E-state index in [1.807, 2.05) is 50.2 Å². The molecular weight excluding hydrogens is 282 g/mol. The molecular formula is C21H21NO. The summed E-state index contributed by atoms with van der Waals surface area (Å²) in [5, 5.41) is 5.50. The Balaban J connectivity index is 1.68. The summed E-state index contributed by atoms with van der Waals surface area (Å²) in [6, 6.07) is 22.7. The molecule has 0 aliphatic carbocycles. The van der Waals surface area contributed by atoms with Gasteiger partial charge in [0, 0.05) is 0 Å². The molecule has 0 aromatic heterocycles. The quantitative estimate of drug-likeness (QED) is 0.751. The minimum atomic E-state index is -0.00226. The normalized spacial score (nSPS) is 12.1. The van der Waals surface area contributed by atoms with Gasteiger partial charge in [-0.1, -0.05) is 66.2 Å². The van der Waals surface area contributed by atoms with Gasteiger partial charge in [0.05, 0.1) is 12.5 Å². The highest BCUT2D eigenvalue weighted by atomic mass is 16.1. The van der Waals surface area contributed by atoms with Crippen LogP contribution in [0.5, 0.6) is 0 Å². The van der Waals surface area contributed by atoms with Crippen molar-refractivity contribution in [2.24, 2.45) is 0 Å². The Morgan fingerprint density at radius 3 is 2.39 bits per heavy atom. The van der Waals surface area contributed by atoms with Gasteiger partial charge in [0.15, 0.2) is 0 Å². The van der Waals surface area contributed by atoms with Crippen molar-refractivity contribution in [3.8, 4) is 0 Å². The molecule has 0 spiro atoms. The molecule has 0 bridgehead atoms. The third-order valence-corrected chi connectivity index (χ3v) is 4.14. The zero-order valence-corrected chi connectivity index (χ0v) is 13.5. The van der Waals surface area contributed by atoms with Crippen molar-refractivity contribution >= 4 is 16.7 Å². The van der Waals surface area contributed by atoms with Crippen LogP contribution in [0.2, 0.25) is 0 Å². The summed E-state index contributed by atoms with van der Waals surface area (Å²) in [4.78, 5) is 12.2. The van der Waals surface area contributed by atoms with Gasteiger partial charge >= 0.3 is 0 Å². The summed E-state index contributed by atoms with van der Waals surface area (Å²) in [6.07, 6.45) is 0.415. The van der Waals surface area contributed by atoms with Gasteiger partial charge in [-0.05, 0) is 41.8 Å². The molecule has 1 atom stereocenters. The lowest BCUT2D eigenvalue weighted by Crippen LogP contribution is -2.28. The highest BCUT2D eigenvalue weighted by Gasteiger charge is 2.10. The molecule has 116 valence electrons. The lowest BCUT2D eigenvalue weighted by molar-refractivity contribution is -0.121. The third-order valence-electron chi connectivity index (χ3n) is 4.14. The summed E-state index contributed by atoms with van der Waals surface area (Å²) in [5.41, 5.74) is 3.37. The van der Waals surface area contributed by atoms with Crippen molar-refractivity contribution < 1.29 is 4.79 Å². The van der Waals surface area contributed by atoms with Gasteiger partial charge in [0.25, 0.3) is 0 Å². The van der Waals surface area contributed by atoms with Crippen molar-refractivity contribution in [2.45, 2.75) is 26.3 Å². The van der Waals surface area contributed by atoms with E-state index in [1.165, 1.54) is 16.3 Å². The molecule has 0 fully saturated rings. The maximum Gasteiger partial charge on any atom is 0.224 e. The average molecular weight is 303 g/mol. The first kappa shape index (κ1) is 15.3. The first-order valence-electron chi connectivity index (χ1n) is 7.95. The van der Waals surface area contributed by atoms with Gasteiger partial charge in [0.1, 0.15) is 0 Å². The highest BCUT2D eigenvalue weighted by molar-refractivity contribution is 5.83. The topological polar surface area (TPSA) is 29.1 Å². The summed E-state index contributed by atoms with van der Waals surface area (Å²) in [7, 11) is 0. The Kier molecular flexibility index (Phi) is 4.42. The van der Waals surface area contributed by atoms with Gasteiger partial charge in [-0.25, -0.2) is 0 Å². The van der Waals surface area contributed by atoms with E-state index in [9.17, 15) is 4.79 Å². The van der Waals surface area contributed by atoms with Crippen molar-refractivity contribution in [1.29, 1.82) is 0 Å². The number of rotatable bonds is 4. The Morgan fingerprint density at radius 1 is 0.957 bits per heavy atom. The largest absolute Gasteiger partial charge is 0.349 e. The van der Waals surface area contributed by atoms with E-state index in [2.05, 4.69) is 35.6 Å². The van der Waals surface area contributed by atoms with Crippen molar-refractivity contribution in [2.75, 3.05) is 0 Å². The molecule has 0 radical (unpaired) electrons. The highest BCUT2D eigenvalue weighted by Crippen LogP contribution is 2.20. The van der Waals surface area contributed by atoms with Crippen LogP contribution in [0.3, 0.4) is 0 Å². The monoisotopic (exact) mass is 303 g/mol. The molecule has 0 heterocycles. The molecule has 0 saturated heterocycles. The van der Waals surface area contributed by atoms with Crippen LogP contribution in [0.25, 0.3) is 10.8 Å². The second-order valence-electron chi connectivity index (χ2n) is 6.06. The maximum atomic E-state index is 12.2. The maximum absolute atomic E-state index is 12.2. The van der Waals surface area contributed by atoms with Gasteiger partial charge in [-0.3, -0.25) is 4.79 Å². The average Bonchev–Trinajstić information content (AvgIpc) is 2.56. The fourth-order valence-corrected chi connectivity index (χ4v) is 2.74. The zero-order chi connectivity index (χ0) is 16.2. The smallest absolute Gasteiger partial charge is 0.224 e. The van der Waals surface area contributed by atoms with E-state index in [-0.39, 0.29) is 11.9 Å². The van der Waals surface area contributed by atoms with E-state index in [0.717, 1.165) is 11.1 Å². The van der Waals surface area contributed by atoms with Crippen LogP contribution < -0.4 is 5.32 Å². The molecule has 0 aliphatic heterocycles. The lowest BCUT2D eigenvalue weighted by atomic mass is 10.0. The molecule has 3 rings (SSSR count). The second-order valence-corrected chi connectivity index (χ2v) is 6.06. The van der Waals surface area contributed by atoms with Gasteiger partial charge in [0.2, 0.25) is 5.91 Å². The second kappa shape index (κ2) is 6.66. The van der Waals surface area contributed by atoms with E-state index in [1.54, 1.807) is 0 Å². The van der Waals surface area contributed by atoms with Crippen molar-refractivity contribution in [3.63, 3.8) is 0 Å². The standard InChI is InChI=1S/C21H21NO/c1-15-7-9-17(10-8-15)13-21(23)22-16(2)19-12-11-18-5-3-4-6-20(18)14-19/h3-12,14,16H,13H2,1-2H3,(H,22,23). The van der Waals surface area contributed by atoms with Crippen molar-refractivity contribution in [3.05, 3.63) is 83.4 Å². The number of fused-ring (bicyclic) bond motifs is 1. The van der Waals surface area contributed by atoms with Crippen LogP contribution in [-0.2, 0) is 11.2 Å². The predicted octanol–water partition coefficient (Wildman–Crippen LogP) is 4.57. The van der Waals surface area contributed by atoms with Crippen LogP contribution in [-0.4, -0.2) is 5.91 Å². The molecule has 3 aromatic rings. The summed E-state index contributed by atoms with van der Waals surface area (Å²) in [6.45, 7) is 4.07. The van der Waals surface area contributed by atoms with Crippen LogP contribution >= 0.6 is 0 Å². The molecule has 2 nitrogen and oxygen atoms in total. The van der Waals surface area contributed by atoms with Crippen LogP contribution in [0.15, 0.2) is 66.7 Å². The van der Waals surface area contributed by atoms with Crippen LogP contribution in [0, 0.1) is 6.92 Å². The summed E-state index contributed by atoms with van der Waals surface area (Å²) >= 11 is 0. The van der Waals surface area contributed by atoms with E-state index in [4.69, 9.17) is 0 Å². The Bertz CT molecular complexity index is 821. The molecule has 1 unspecified atom stereocenters. The first-order valence-corrected chi connectivity index (χ1v) is 7.95. The predicted molar refractivity (Wildman–Crippen MR) is 95.4 cm³/mol. The number of carbonyl (C=O) groups is 1. The fourth-order valence-electron chi connectivity index (χ4n) is 2.74. The first-order chi connectivity index (χ1) is 11.1. The number of nitrogens with one attached hydrogen (secondary N) is 1. The zero-order valence-electron chi connectivity index (χ0n) is 13.5. The number of hydrogen-bond acceptors (Lipinski definition) is 1. The molecule has 1 N–H and O–H groups in total. The van der Waals surface area contributed by atoms with Gasteiger partial charge < -0.3 is 5.32 Å². The number of carbonyl (C=O) groups excluding carboxylic acids is 1. The number of benzene rings is 3. The SMILES string of the molecule is Cc1ccc(CC(=O)NC(C)c2ccc3ccccc3c2)cc1. The minimum absolute atomic E-state index is 0.00226. The van der Waals surface area contributed by atoms with Crippen LogP contribution in [0.4, 0.5) is 0 Å². The number of hydrogen-bond donors (Lipinski definition) is 1.